The number of hydrogen-bond donors (Lipinski definition) is 3. The van der Waals surface area contributed by atoms with Gasteiger partial charge in [-0.15, -0.1) is 0 Å². The maximum atomic E-state index is 11.9. The molecule has 1 aromatic carbocycles. The molecule has 0 radical (unpaired) electrons. The molecule has 3 N–H and O–H groups in total. The van der Waals surface area contributed by atoms with Crippen LogP contribution in [-0.2, 0) is 4.74 Å². The van der Waals surface area contributed by atoms with Crippen LogP contribution in [0.4, 0.5) is 0 Å². The molecule has 5 heteroatoms. The highest BCUT2D eigenvalue weighted by molar-refractivity contribution is 5.99. The quantitative estimate of drug-likeness (QED) is 0.717. The Hall–Kier alpha value is -1.75. The molecule has 0 unspecified atom stereocenters. The molecular weight excluding hydrogens is 222 g/mol. The SMILES string of the molecule is O=C(NC1CCOCC1)c1c(O)cccc1O. The van der Waals surface area contributed by atoms with E-state index in [1.54, 1.807) is 0 Å². The van der Waals surface area contributed by atoms with Crippen molar-refractivity contribution < 1.29 is 19.7 Å². The van der Waals surface area contributed by atoms with Crippen LogP contribution >= 0.6 is 0 Å². The number of phenols is 2. The van der Waals surface area contributed by atoms with Crippen LogP contribution in [0.25, 0.3) is 0 Å². The molecule has 1 heterocycles. The van der Waals surface area contributed by atoms with Crippen molar-refractivity contribution in [3.8, 4) is 11.5 Å². The number of amides is 1. The molecule has 0 aliphatic carbocycles. The summed E-state index contributed by atoms with van der Waals surface area (Å²) in [5, 5.41) is 21.9. The fraction of sp³-hybridized carbons (Fsp3) is 0.417. The molecular formula is C12H15NO4. The Bertz CT molecular complexity index is 393. The zero-order valence-corrected chi connectivity index (χ0v) is 9.35. The summed E-state index contributed by atoms with van der Waals surface area (Å²) in [4.78, 5) is 11.9. The molecule has 1 saturated heterocycles. The van der Waals surface area contributed by atoms with Crippen LogP contribution in [0.1, 0.15) is 23.2 Å². The largest absolute Gasteiger partial charge is 0.507 e. The summed E-state index contributed by atoms with van der Waals surface area (Å²) in [5.74, 6) is -0.878. The van der Waals surface area contributed by atoms with Gasteiger partial charge in [-0.1, -0.05) is 6.07 Å². The van der Waals surface area contributed by atoms with E-state index in [1.807, 2.05) is 0 Å². The van der Waals surface area contributed by atoms with E-state index < -0.39 is 5.91 Å². The maximum Gasteiger partial charge on any atom is 0.259 e. The van der Waals surface area contributed by atoms with E-state index in [0.717, 1.165) is 12.8 Å². The van der Waals surface area contributed by atoms with Gasteiger partial charge in [0.25, 0.3) is 5.91 Å². The van der Waals surface area contributed by atoms with Gasteiger partial charge in [-0.2, -0.15) is 0 Å². The topological polar surface area (TPSA) is 78.8 Å². The zero-order valence-electron chi connectivity index (χ0n) is 9.35. The standard InChI is InChI=1S/C12H15NO4/c14-9-2-1-3-10(15)11(9)12(16)13-8-4-6-17-7-5-8/h1-3,8,14-15H,4-7H2,(H,13,16). The van der Waals surface area contributed by atoms with Gasteiger partial charge in [0.2, 0.25) is 0 Å². The van der Waals surface area contributed by atoms with Gasteiger partial charge in [0.15, 0.2) is 0 Å². The van der Waals surface area contributed by atoms with Gasteiger partial charge in [0.1, 0.15) is 17.1 Å². The number of aromatic hydroxyl groups is 2. The van der Waals surface area contributed by atoms with Crippen molar-refractivity contribution in [2.24, 2.45) is 0 Å². The Kier molecular flexibility index (Phi) is 3.49. The number of nitrogens with one attached hydrogen (secondary N) is 1. The number of carbonyl (C=O) groups is 1. The molecule has 1 aromatic rings. The highest BCUT2D eigenvalue weighted by atomic mass is 16.5. The first-order valence-corrected chi connectivity index (χ1v) is 5.58. The van der Waals surface area contributed by atoms with Crippen LogP contribution in [-0.4, -0.2) is 35.4 Å². The van der Waals surface area contributed by atoms with Crippen molar-refractivity contribution in [3.05, 3.63) is 23.8 Å². The first kappa shape index (κ1) is 11.7. The minimum absolute atomic E-state index is 0.0373. The van der Waals surface area contributed by atoms with Gasteiger partial charge in [0, 0.05) is 19.3 Å². The van der Waals surface area contributed by atoms with Crippen LogP contribution in [0.5, 0.6) is 11.5 Å². The summed E-state index contributed by atoms with van der Waals surface area (Å²) in [5.41, 5.74) is -0.0704. The third-order valence-electron chi connectivity index (χ3n) is 2.80. The van der Waals surface area contributed by atoms with Crippen molar-refractivity contribution in [2.45, 2.75) is 18.9 Å². The van der Waals surface area contributed by atoms with Gasteiger partial charge in [0.05, 0.1) is 0 Å². The lowest BCUT2D eigenvalue weighted by Crippen LogP contribution is -2.38. The first-order valence-electron chi connectivity index (χ1n) is 5.58. The normalized spacial score (nSPS) is 16.7. The second-order valence-corrected chi connectivity index (χ2v) is 4.03. The fourth-order valence-electron chi connectivity index (χ4n) is 1.86. The molecule has 1 aliphatic heterocycles. The van der Waals surface area contributed by atoms with Gasteiger partial charge in [-0.05, 0) is 25.0 Å². The number of carbonyl (C=O) groups excluding carboxylic acids is 1. The molecule has 5 nitrogen and oxygen atoms in total. The molecule has 1 amide bonds. The third-order valence-corrected chi connectivity index (χ3v) is 2.80. The lowest BCUT2D eigenvalue weighted by Gasteiger charge is -2.23. The molecule has 92 valence electrons. The lowest BCUT2D eigenvalue weighted by atomic mass is 10.1. The summed E-state index contributed by atoms with van der Waals surface area (Å²) < 4.78 is 5.18. The van der Waals surface area contributed by atoms with Crippen LogP contribution in [0.2, 0.25) is 0 Å². The van der Waals surface area contributed by atoms with E-state index in [9.17, 15) is 15.0 Å². The number of ether oxygens (including phenoxy) is 1. The molecule has 1 fully saturated rings. The summed E-state index contributed by atoms with van der Waals surface area (Å²) in [7, 11) is 0. The molecule has 17 heavy (non-hydrogen) atoms. The Morgan fingerprint density at radius 1 is 1.24 bits per heavy atom. The van der Waals surface area contributed by atoms with Gasteiger partial charge < -0.3 is 20.3 Å². The Balaban J connectivity index is 2.08. The highest BCUT2D eigenvalue weighted by Crippen LogP contribution is 2.26. The van der Waals surface area contributed by atoms with Crippen LogP contribution in [0.15, 0.2) is 18.2 Å². The minimum Gasteiger partial charge on any atom is -0.507 e. The zero-order chi connectivity index (χ0) is 12.3. The second kappa shape index (κ2) is 5.05. The molecule has 0 saturated carbocycles. The van der Waals surface area contributed by atoms with E-state index in [2.05, 4.69) is 5.32 Å². The van der Waals surface area contributed by atoms with Gasteiger partial charge >= 0.3 is 0 Å². The Morgan fingerprint density at radius 2 is 1.82 bits per heavy atom. The summed E-state index contributed by atoms with van der Waals surface area (Å²) >= 11 is 0. The van der Waals surface area contributed by atoms with E-state index >= 15 is 0 Å². The highest BCUT2D eigenvalue weighted by Gasteiger charge is 2.21. The number of hydrogen-bond acceptors (Lipinski definition) is 4. The Labute approximate surface area is 99.0 Å². The van der Waals surface area contributed by atoms with E-state index in [1.165, 1.54) is 18.2 Å². The second-order valence-electron chi connectivity index (χ2n) is 4.03. The molecule has 2 rings (SSSR count). The molecule has 1 aliphatic rings. The van der Waals surface area contributed by atoms with Crippen molar-refractivity contribution in [3.63, 3.8) is 0 Å². The minimum atomic E-state index is -0.451. The molecule has 0 spiro atoms. The Morgan fingerprint density at radius 3 is 2.41 bits per heavy atom. The van der Waals surface area contributed by atoms with Gasteiger partial charge in [-0.3, -0.25) is 4.79 Å². The summed E-state index contributed by atoms with van der Waals surface area (Å²) in [6.45, 7) is 1.25. The average Bonchev–Trinajstić information content (AvgIpc) is 2.30. The van der Waals surface area contributed by atoms with Crippen molar-refractivity contribution in [1.29, 1.82) is 0 Å². The van der Waals surface area contributed by atoms with Crippen molar-refractivity contribution in [1.82, 2.24) is 5.32 Å². The monoisotopic (exact) mass is 237 g/mol. The first-order chi connectivity index (χ1) is 8.18. The fourth-order valence-corrected chi connectivity index (χ4v) is 1.86. The van der Waals surface area contributed by atoms with Crippen LogP contribution < -0.4 is 5.32 Å². The number of rotatable bonds is 2. The van der Waals surface area contributed by atoms with Crippen LogP contribution in [0.3, 0.4) is 0 Å². The number of benzene rings is 1. The smallest absolute Gasteiger partial charge is 0.259 e. The van der Waals surface area contributed by atoms with E-state index in [-0.39, 0.29) is 23.1 Å². The summed E-state index contributed by atoms with van der Waals surface area (Å²) in [6.07, 6.45) is 1.50. The molecule has 0 aromatic heterocycles. The van der Waals surface area contributed by atoms with Gasteiger partial charge in [-0.25, -0.2) is 0 Å². The predicted octanol–water partition coefficient (Wildman–Crippen LogP) is 1.01. The molecule has 0 bridgehead atoms. The lowest BCUT2D eigenvalue weighted by molar-refractivity contribution is 0.0694. The van der Waals surface area contributed by atoms with E-state index in [4.69, 9.17) is 4.74 Å². The number of phenolic OH excluding ortho intramolecular Hbond substituents is 2. The third kappa shape index (κ3) is 2.68. The van der Waals surface area contributed by atoms with Crippen molar-refractivity contribution in [2.75, 3.05) is 13.2 Å². The summed E-state index contributed by atoms with van der Waals surface area (Å²) in [6, 6.07) is 4.27. The van der Waals surface area contributed by atoms with E-state index in [0.29, 0.717) is 13.2 Å². The van der Waals surface area contributed by atoms with Crippen LogP contribution in [0, 0.1) is 0 Å². The predicted molar refractivity (Wildman–Crippen MR) is 61.1 cm³/mol. The average molecular weight is 237 g/mol. The molecule has 0 atom stereocenters. The van der Waals surface area contributed by atoms with Crippen molar-refractivity contribution >= 4 is 5.91 Å². The maximum absolute atomic E-state index is 11.9.